The van der Waals surface area contributed by atoms with Gasteiger partial charge in [0.05, 0.1) is 12.2 Å². The van der Waals surface area contributed by atoms with Crippen LogP contribution in [-0.4, -0.2) is 31.2 Å². The summed E-state index contributed by atoms with van der Waals surface area (Å²) in [5, 5.41) is 3.53. The number of thiophene rings is 1. The van der Waals surface area contributed by atoms with E-state index in [-0.39, 0.29) is 11.9 Å². The van der Waals surface area contributed by atoms with E-state index in [4.69, 9.17) is 9.47 Å². The maximum Gasteiger partial charge on any atom is 0.341 e. The second kappa shape index (κ2) is 6.79. The minimum absolute atomic E-state index is 0.151. The predicted octanol–water partition coefficient (Wildman–Crippen LogP) is 2.92. The van der Waals surface area contributed by atoms with Crippen LogP contribution >= 0.6 is 11.3 Å². The number of amides is 1. The van der Waals surface area contributed by atoms with Gasteiger partial charge in [0.2, 0.25) is 0 Å². The molecule has 0 radical (unpaired) electrons. The molecule has 1 unspecified atom stereocenters. The second-order valence-corrected chi connectivity index (χ2v) is 6.73. The topological polar surface area (TPSA) is 64.6 Å². The zero-order valence-corrected chi connectivity index (χ0v) is 13.6. The number of nitrogens with one attached hydrogen (secondary N) is 1. The van der Waals surface area contributed by atoms with Gasteiger partial charge < -0.3 is 14.8 Å². The van der Waals surface area contributed by atoms with Gasteiger partial charge in [0.1, 0.15) is 11.1 Å². The zero-order valence-electron chi connectivity index (χ0n) is 12.8. The lowest BCUT2D eigenvalue weighted by Gasteiger charge is -2.13. The summed E-state index contributed by atoms with van der Waals surface area (Å²) in [5.74, 6) is -0.480. The summed E-state index contributed by atoms with van der Waals surface area (Å²) < 4.78 is 10.6. The monoisotopic (exact) mass is 323 g/mol. The molecular formula is C16H21NO4S. The number of ether oxygens (including phenoxy) is 2. The molecule has 0 spiro atoms. The van der Waals surface area contributed by atoms with Crippen LogP contribution in [0.4, 0.5) is 5.00 Å². The Hall–Kier alpha value is -1.40. The standard InChI is InChI=1S/C16H21NO4S/c1-2-20-16(19)13-10-6-3-4-8-12(10)22-15(13)17-14(18)11-7-5-9-21-11/h11H,2-9H2,1H3,(H,17,18). The summed E-state index contributed by atoms with van der Waals surface area (Å²) in [6, 6.07) is 0. The Bertz CT molecular complexity index is 575. The normalized spacial score (nSPS) is 20.5. The zero-order chi connectivity index (χ0) is 15.5. The van der Waals surface area contributed by atoms with E-state index in [0.717, 1.165) is 44.1 Å². The van der Waals surface area contributed by atoms with Crippen molar-refractivity contribution in [1.82, 2.24) is 0 Å². The van der Waals surface area contributed by atoms with Crippen molar-refractivity contribution >= 4 is 28.2 Å². The average Bonchev–Trinajstić information content (AvgIpc) is 3.14. The molecule has 6 heteroatoms. The summed E-state index contributed by atoms with van der Waals surface area (Å²) >= 11 is 1.51. The van der Waals surface area contributed by atoms with Gasteiger partial charge in [-0.25, -0.2) is 4.79 Å². The van der Waals surface area contributed by atoms with Crippen molar-refractivity contribution in [3.63, 3.8) is 0 Å². The molecule has 2 heterocycles. The highest BCUT2D eigenvalue weighted by Gasteiger charge is 2.30. The quantitative estimate of drug-likeness (QED) is 0.865. The third kappa shape index (κ3) is 3.03. The number of fused-ring (bicyclic) bond motifs is 1. The van der Waals surface area contributed by atoms with Gasteiger partial charge in [-0.1, -0.05) is 0 Å². The van der Waals surface area contributed by atoms with Crippen molar-refractivity contribution in [1.29, 1.82) is 0 Å². The molecule has 1 saturated heterocycles. The molecule has 0 aromatic carbocycles. The summed E-state index contributed by atoms with van der Waals surface area (Å²) in [7, 11) is 0. The molecule has 5 nitrogen and oxygen atoms in total. The Balaban J connectivity index is 1.86. The molecule has 1 amide bonds. The molecule has 1 aromatic heterocycles. The Morgan fingerprint density at radius 2 is 2.14 bits per heavy atom. The summed E-state index contributed by atoms with van der Waals surface area (Å²) in [6.45, 7) is 2.76. The van der Waals surface area contributed by atoms with E-state index in [2.05, 4.69) is 5.32 Å². The molecule has 22 heavy (non-hydrogen) atoms. The van der Waals surface area contributed by atoms with Gasteiger partial charge in [0.25, 0.3) is 5.91 Å². The van der Waals surface area contributed by atoms with Crippen molar-refractivity contribution in [2.24, 2.45) is 0 Å². The van der Waals surface area contributed by atoms with Crippen LogP contribution in [0.25, 0.3) is 0 Å². The second-order valence-electron chi connectivity index (χ2n) is 5.63. The number of anilines is 1. The molecule has 0 saturated carbocycles. The van der Waals surface area contributed by atoms with Gasteiger partial charge in [0.15, 0.2) is 0 Å². The number of aryl methyl sites for hydroxylation is 1. The minimum atomic E-state index is -0.394. The van der Waals surface area contributed by atoms with E-state index < -0.39 is 6.10 Å². The third-order valence-electron chi connectivity index (χ3n) is 4.11. The smallest absolute Gasteiger partial charge is 0.341 e. The van der Waals surface area contributed by atoms with Gasteiger partial charge >= 0.3 is 5.97 Å². The van der Waals surface area contributed by atoms with Crippen LogP contribution in [0, 0.1) is 0 Å². The predicted molar refractivity (Wildman–Crippen MR) is 84.5 cm³/mol. The van der Waals surface area contributed by atoms with Crippen LogP contribution in [0.2, 0.25) is 0 Å². The van der Waals surface area contributed by atoms with Crippen molar-refractivity contribution in [2.45, 2.75) is 51.6 Å². The Labute approximate surface area is 134 Å². The van der Waals surface area contributed by atoms with Gasteiger partial charge in [0, 0.05) is 11.5 Å². The van der Waals surface area contributed by atoms with Crippen molar-refractivity contribution in [2.75, 3.05) is 18.5 Å². The number of hydrogen-bond acceptors (Lipinski definition) is 5. The summed E-state index contributed by atoms with van der Waals surface area (Å²) in [4.78, 5) is 25.8. The van der Waals surface area contributed by atoms with Crippen LogP contribution in [0.5, 0.6) is 0 Å². The van der Waals surface area contributed by atoms with Crippen LogP contribution in [0.1, 0.15) is 53.4 Å². The average molecular weight is 323 g/mol. The Morgan fingerprint density at radius 3 is 2.86 bits per heavy atom. The van der Waals surface area contributed by atoms with E-state index in [0.29, 0.717) is 23.8 Å². The van der Waals surface area contributed by atoms with Gasteiger partial charge in [-0.3, -0.25) is 4.79 Å². The minimum Gasteiger partial charge on any atom is -0.462 e. The number of hydrogen-bond donors (Lipinski definition) is 1. The fraction of sp³-hybridized carbons (Fsp3) is 0.625. The molecule has 120 valence electrons. The molecule has 1 aliphatic heterocycles. The summed E-state index contributed by atoms with van der Waals surface area (Å²) in [6.07, 6.45) is 5.33. The Morgan fingerprint density at radius 1 is 1.32 bits per heavy atom. The third-order valence-corrected chi connectivity index (χ3v) is 5.32. The van der Waals surface area contributed by atoms with Crippen LogP contribution in [0.3, 0.4) is 0 Å². The molecular weight excluding hydrogens is 302 g/mol. The molecule has 1 N–H and O–H groups in total. The maximum atomic E-state index is 12.3. The number of rotatable bonds is 4. The highest BCUT2D eigenvalue weighted by atomic mass is 32.1. The SMILES string of the molecule is CCOC(=O)c1c(NC(=O)C2CCCO2)sc2c1CCCC2. The molecule has 2 aliphatic rings. The van der Waals surface area contributed by atoms with Crippen LogP contribution < -0.4 is 5.32 Å². The first-order valence-corrected chi connectivity index (χ1v) is 8.76. The molecule has 1 aliphatic carbocycles. The van der Waals surface area contributed by atoms with Crippen LogP contribution in [-0.2, 0) is 27.1 Å². The van der Waals surface area contributed by atoms with Crippen molar-refractivity contribution in [3.8, 4) is 0 Å². The van der Waals surface area contributed by atoms with E-state index in [1.807, 2.05) is 0 Å². The van der Waals surface area contributed by atoms with Gasteiger partial charge in [-0.2, -0.15) is 0 Å². The van der Waals surface area contributed by atoms with Gasteiger partial charge in [-0.15, -0.1) is 11.3 Å². The maximum absolute atomic E-state index is 12.3. The number of carbonyl (C=O) groups is 2. The highest BCUT2D eigenvalue weighted by Crippen LogP contribution is 2.38. The lowest BCUT2D eigenvalue weighted by molar-refractivity contribution is -0.124. The lowest BCUT2D eigenvalue weighted by Crippen LogP contribution is -2.27. The van der Waals surface area contributed by atoms with Crippen molar-refractivity contribution < 1.29 is 19.1 Å². The highest BCUT2D eigenvalue weighted by molar-refractivity contribution is 7.17. The number of carbonyl (C=O) groups excluding carboxylic acids is 2. The number of esters is 1. The summed E-state index contributed by atoms with van der Waals surface area (Å²) in [5.41, 5.74) is 1.63. The molecule has 3 rings (SSSR count). The molecule has 1 fully saturated rings. The lowest BCUT2D eigenvalue weighted by atomic mass is 9.95. The Kier molecular flexibility index (Phi) is 4.78. The molecule has 1 atom stereocenters. The van der Waals surface area contributed by atoms with Crippen molar-refractivity contribution in [3.05, 3.63) is 16.0 Å². The van der Waals surface area contributed by atoms with E-state index >= 15 is 0 Å². The largest absolute Gasteiger partial charge is 0.462 e. The first-order chi connectivity index (χ1) is 10.7. The first-order valence-electron chi connectivity index (χ1n) is 7.94. The molecule has 1 aromatic rings. The fourth-order valence-corrected chi connectivity index (χ4v) is 4.33. The molecule has 0 bridgehead atoms. The van der Waals surface area contributed by atoms with E-state index in [1.54, 1.807) is 6.92 Å². The van der Waals surface area contributed by atoms with E-state index in [1.165, 1.54) is 16.2 Å². The first kappa shape index (κ1) is 15.5. The fourth-order valence-electron chi connectivity index (χ4n) is 3.05. The van der Waals surface area contributed by atoms with E-state index in [9.17, 15) is 9.59 Å². The van der Waals surface area contributed by atoms with Gasteiger partial charge in [-0.05, 0) is 51.0 Å². The van der Waals surface area contributed by atoms with Crippen LogP contribution in [0.15, 0.2) is 0 Å².